The summed E-state index contributed by atoms with van der Waals surface area (Å²) in [6, 6.07) is 0. The molecule has 2 unspecified atom stereocenters. The molecule has 65 heavy (non-hydrogen) atoms. The third-order valence-electron chi connectivity index (χ3n) is 19.1. The summed E-state index contributed by atoms with van der Waals surface area (Å²) in [4.78, 5) is 41.5. The van der Waals surface area contributed by atoms with Crippen LogP contribution in [-0.2, 0) is 42.8 Å². The van der Waals surface area contributed by atoms with Gasteiger partial charge in [0.1, 0.15) is 5.78 Å². The molecule has 0 amide bonds. The van der Waals surface area contributed by atoms with E-state index in [9.17, 15) is 29.7 Å². The number of carboxylic acids is 1. The number of rotatable bonds is 14. The molecule has 0 aromatic heterocycles. The van der Waals surface area contributed by atoms with E-state index in [1.165, 1.54) is 19.3 Å². The zero-order valence-corrected chi connectivity index (χ0v) is 41.3. The van der Waals surface area contributed by atoms with Gasteiger partial charge in [-0.2, -0.15) is 0 Å². The fraction of sp³-hybridized carbons (Fsp3) is 0.906. The molecule has 0 aromatic rings. The lowest BCUT2D eigenvalue weighted by Crippen LogP contribution is -2.64. The largest absolute Gasteiger partial charge is 0.481 e. The molecule has 8 fully saturated rings. The first kappa shape index (κ1) is 49.5. The minimum atomic E-state index is -1.39. The summed E-state index contributed by atoms with van der Waals surface area (Å²) < 4.78 is 41.8. The highest BCUT2D eigenvalue weighted by atomic mass is 16.8. The van der Waals surface area contributed by atoms with Crippen LogP contribution in [0.25, 0.3) is 0 Å². The van der Waals surface area contributed by atoms with Crippen molar-refractivity contribution in [2.75, 3.05) is 0 Å². The number of hydrogen-bond acceptors (Lipinski definition) is 11. The molecule has 5 aliphatic heterocycles. The molecule has 12 heteroatoms. The standard InChI is InChI=1S/C53H84O12/c1-11-38(47(56)57)40-15-14-29(4)45(61-40)33(8)43(54)32(7)44(55)39(12-2)46-30(5)22-31(6)52(63-46)19-17-42(62-48(58)50-26-35-23-36(27-50)25-37(24-35)28-50)53(65-52)21-20-49(10,64-53)41-16-18-51(59,13-3)34(9)60-41/h17,19,29-43,45-46,54,59H,11-16,18,20-28H2,1-10H3,(H,56,57)/t29-,30-,31+,32-,33-,34-,35?,36?,37?,38+,39-,40?,41+,42-,43+,45+,46?,49-,50?,51+,52-,53-/m0/s1. The van der Waals surface area contributed by atoms with E-state index in [-0.39, 0.29) is 47.8 Å². The first-order valence-corrected chi connectivity index (χ1v) is 26.1. The van der Waals surface area contributed by atoms with Crippen molar-refractivity contribution >= 4 is 17.7 Å². The Kier molecular flexibility index (Phi) is 14.0. The first-order chi connectivity index (χ1) is 30.6. The Morgan fingerprint density at radius 2 is 1.45 bits per heavy atom. The van der Waals surface area contributed by atoms with Crippen LogP contribution in [0, 0.1) is 64.6 Å². The Morgan fingerprint density at radius 3 is 2.03 bits per heavy atom. The first-order valence-electron chi connectivity index (χ1n) is 26.1. The van der Waals surface area contributed by atoms with Crippen LogP contribution in [-0.4, -0.2) is 98.5 Å². The molecule has 0 radical (unpaired) electrons. The maximum atomic E-state index is 14.8. The van der Waals surface area contributed by atoms with Gasteiger partial charge in [0.25, 0.3) is 0 Å². The zero-order valence-electron chi connectivity index (χ0n) is 41.3. The maximum absolute atomic E-state index is 14.8. The van der Waals surface area contributed by atoms with Crippen molar-refractivity contribution in [2.45, 2.75) is 237 Å². The number of esters is 1. The minimum Gasteiger partial charge on any atom is -0.481 e. The molecule has 368 valence electrons. The summed E-state index contributed by atoms with van der Waals surface area (Å²) in [7, 11) is 0. The van der Waals surface area contributed by atoms with Crippen molar-refractivity contribution in [1.82, 2.24) is 0 Å². The SMILES string of the molecule is CC[C@@H](C(=O)O)C1CC[C@H](C)[C@H]([C@@H](C)[C@H](O)[C@H](C)C(=O)[C@H](CC)C2O[C@]3(C=C[C@H](OC(=O)C45CC6CC(CC(C6)C4)C5)[C@]4(CC[C@@](C)([C@H]5CC[C@](O)(CC)[C@H](C)O5)O4)O3)[C@H](C)C[C@@H]2C)O1. The number of carboxylic acid groups (broad SMARTS) is 1. The molecule has 4 aliphatic carbocycles. The Morgan fingerprint density at radius 1 is 0.800 bits per heavy atom. The Balaban J connectivity index is 1.04. The predicted octanol–water partition coefficient (Wildman–Crippen LogP) is 8.96. The third-order valence-corrected chi connectivity index (χ3v) is 19.1. The zero-order chi connectivity index (χ0) is 47.0. The molecule has 18 atom stereocenters. The van der Waals surface area contributed by atoms with Crippen molar-refractivity contribution in [1.29, 1.82) is 0 Å². The van der Waals surface area contributed by atoms with Gasteiger partial charge < -0.3 is 43.7 Å². The van der Waals surface area contributed by atoms with Crippen LogP contribution in [0.3, 0.4) is 0 Å². The second kappa shape index (κ2) is 18.4. The number of hydrogen-bond donors (Lipinski definition) is 3. The molecule has 2 spiro atoms. The molecule has 3 N–H and O–H groups in total. The molecule has 4 saturated heterocycles. The fourth-order valence-electron chi connectivity index (χ4n) is 15.2. The lowest BCUT2D eigenvalue weighted by molar-refractivity contribution is -0.409. The van der Waals surface area contributed by atoms with Crippen LogP contribution in [0.5, 0.6) is 0 Å². The topological polar surface area (TPSA) is 167 Å². The van der Waals surface area contributed by atoms with E-state index in [0.717, 1.165) is 25.7 Å². The van der Waals surface area contributed by atoms with Crippen LogP contribution in [0.15, 0.2) is 12.2 Å². The van der Waals surface area contributed by atoms with E-state index in [1.807, 2.05) is 46.8 Å². The predicted molar refractivity (Wildman–Crippen MR) is 243 cm³/mol. The number of ketones is 1. The summed E-state index contributed by atoms with van der Waals surface area (Å²) in [6.45, 7) is 19.9. The van der Waals surface area contributed by atoms with Crippen LogP contribution >= 0.6 is 0 Å². The average Bonchev–Trinajstić information content (AvgIpc) is 3.60. The monoisotopic (exact) mass is 913 g/mol. The van der Waals surface area contributed by atoms with Gasteiger partial charge in [0.05, 0.1) is 59.2 Å². The average molecular weight is 913 g/mol. The van der Waals surface area contributed by atoms with Crippen LogP contribution in [0.4, 0.5) is 0 Å². The Bertz CT molecular complexity index is 1750. The summed E-state index contributed by atoms with van der Waals surface area (Å²) in [5.74, 6) is -4.42. The number of aliphatic carboxylic acids is 1. The molecule has 5 heterocycles. The van der Waals surface area contributed by atoms with Crippen molar-refractivity contribution < 1.29 is 58.1 Å². The van der Waals surface area contributed by atoms with E-state index in [4.69, 9.17) is 28.4 Å². The van der Waals surface area contributed by atoms with Crippen molar-refractivity contribution in [3.05, 3.63) is 12.2 Å². The number of carbonyl (C=O) groups excluding carboxylic acids is 2. The lowest BCUT2D eigenvalue weighted by atomic mass is 9.49. The fourth-order valence-corrected chi connectivity index (χ4v) is 15.2. The number of carbonyl (C=O) groups is 3. The molecule has 4 bridgehead atoms. The normalized spacial score (nSPS) is 48.2. The van der Waals surface area contributed by atoms with Gasteiger partial charge in [0, 0.05) is 30.1 Å². The van der Waals surface area contributed by atoms with Gasteiger partial charge in [0.2, 0.25) is 5.79 Å². The summed E-state index contributed by atoms with van der Waals surface area (Å²) in [5, 5.41) is 33.2. The summed E-state index contributed by atoms with van der Waals surface area (Å²) in [6.07, 6.45) is 12.2. The Hall–Kier alpha value is -1.93. The van der Waals surface area contributed by atoms with Gasteiger partial charge in [-0.1, -0.05) is 55.4 Å². The van der Waals surface area contributed by atoms with Gasteiger partial charge in [-0.25, -0.2) is 0 Å². The van der Waals surface area contributed by atoms with Crippen molar-refractivity contribution in [3.8, 4) is 0 Å². The lowest BCUT2D eigenvalue weighted by Gasteiger charge is -2.56. The van der Waals surface area contributed by atoms with Crippen LogP contribution < -0.4 is 0 Å². The van der Waals surface area contributed by atoms with Crippen molar-refractivity contribution in [2.24, 2.45) is 64.6 Å². The minimum absolute atomic E-state index is 0.0143. The highest BCUT2D eigenvalue weighted by molar-refractivity contribution is 5.84. The molecular formula is C53H84O12. The summed E-state index contributed by atoms with van der Waals surface area (Å²) >= 11 is 0. The van der Waals surface area contributed by atoms with Gasteiger partial charge >= 0.3 is 11.9 Å². The second-order valence-corrected chi connectivity index (χ2v) is 23.5. The van der Waals surface area contributed by atoms with E-state index in [0.29, 0.717) is 75.5 Å². The quantitative estimate of drug-likeness (QED) is 0.112. The van der Waals surface area contributed by atoms with E-state index >= 15 is 0 Å². The van der Waals surface area contributed by atoms with Gasteiger partial charge in [-0.15, -0.1) is 0 Å². The number of aliphatic hydroxyl groups is 2. The molecule has 9 aliphatic rings. The molecule has 4 saturated carbocycles. The van der Waals surface area contributed by atoms with Crippen molar-refractivity contribution in [3.63, 3.8) is 0 Å². The maximum Gasteiger partial charge on any atom is 0.312 e. The highest BCUT2D eigenvalue weighted by Gasteiger charge is 2.65. The number of Topliss-reactive ketones (excluding diaryl/α,β-unsaturated/α-hetero) is 1. The smallest absolute Gasteiger partial charge is 0.312 e. The second-order valence-electron chi connectivity index (χ2n) is 23.5. The van der Waals surface area contributed by atoms with Gasteiger partial charge in [-0.3, -0.25) is 14.4 Å². The van der Waals surface area contributed by atoms with Crippen LogP contribution in [0.2, 0.25) is 0 Å². The molecule has 12 nitrogen and oxygen atoms in total. The highest BCUT2D eigenvalue weighted by Crippen LogP contribution is 2.61. The van der Waals surface area contributed by atoms with E-state index < -0.39 is 82.2 Å². The number of ether oxygens (including phenoxy) is 6. The van der Waals surface area contributed by atoms with E-state index in [1.54, 1.807) is 6.92 Å². The molecular weight excluding hydrogens is 829 g/mol. The molecule has 9 rings (SSSR count). The summed E-state index contributed by atoms with van der Waals surface area (Å²) in [5.41, 5.74) is -2.19. The van der Waals surface area contributed by atoms with Crippen LogP contribution in [0.1, 0.15) is 172 Å². The Labute approximate surface area is 389 Å². The third kappa shape index (κ3) is 8.85. The van der Waals surface area contributed by atoms with Gasteiger partial charge in [-0.05, 0) is 152 Å². The number of aliphatic hydroxyl groups excluding tert-OH is 1. The van der Waals surface area contributed by atoms with E-state index in [2.05, 4.69) is 27.7 Å². The molecule has 0 aromatic carbocycles. The van der Waals surface area contributed by atoms with Gasteiger partial charge in [0.15, 0.2) is 11.9 Å².